The normalized spacial score (nSPS) is 15.5. The summed E-state index contributed by atoms with van der Waals surface area (Å²) in [6.07, 6.45) is 1.63. The average Bonchev–Trinajstić information content (AvgIpc) is 2.62. The van der Waals surface area contributed by atoms with E-state index >= 15 is 0 Å². The minimum Gasteiger partial charge on any atom is -0.347 e. The first kappa shape index (κ1) is 18.5. The molecule has 0 aromatic heterocycles. The quantitative estimate of drug-likeness (QED) is 0.830. The van der Waals surface area contributed by atoms with Crippen molar-refractivity contribution in [1.29, 1.82) is 0 Å². The van der Waals surface area contributed by atoms with Crippen LogP contribution in [0.2, 0.25) is 0 Å². The van der Waals surface area contributed by atoms with E-state index in [1.807, 2.05) is 24.8 Å². The summed E-state index contributed by atoms with van der Waals surface area (Å²) in [6.45, 7) is 8.26. The van der Waals surface area contributed by atoms with Crippen molar-refractivity contribution in [2.75, 3.05) is 32.7 Å². The third-order valence-electron chi connectivity index (χ3n) is 4.74. The number of carbonyl (C=O) groups is 2. The SMILES string of the molecule is CCC(CC)C(=O)NCC(=O)N1CCN(Cc2ccccc2)CC1. The van der Waals surface area contributed by atoms with Crippen LogP contribution in [0.1, 0.15) is 32.3 Å². The third-order valence-corrected chi connectivity index (χ3v) is 4.74. The molecule has 1 N–H and O–H groups in total. The van der Waals surface area contributed by atoms with Gasteiger partial charge in [-0.25, -0.2) is 0 Å². The largest absolute Gasteiger partial charge is 0.347 e. The molecule has 5 nitrogen and oxygen atoms in total. The Labute approximate surface area is 145 Å². The molecule has 0 atom stereocenters. The lowest BCUT2D eigenvalue weighted by Gasteiger charge is -2.34. The van der Waals surface area contributed by atoms with Crippen LogP contribution < -0.4 is 5.32 Å². The van der Waals surface area contributed by atoms with Crippen molar-refractivity contribution in [3.05, 3.63) is 35.9 Å². The number of nitrogens with zero attached hydrogens (tertiary/aromatic N) is 2. The molecule has 0 bridgehead atoms. The highest BCUT2D eigenvalue weighted by molar-refractivity contribution is 5.85. The van der Waals surface area contributed by atoms with Gasteiger partial charge in [-0.3, -0.25) is 14.5 Å². The summed E-state index contributed by atoms with van der Waals surface area (Å²) in [4.78, 5) is 28.4. The van der Waals surface area contributed by atoms with Crippen molar-refractivity contribution in [3.63, 3.8) is 0 Å². The molecule has 1 heterocycles. The lowest BCUT2D eigenvalue weighted by molar-refractivity contribution is -0.135. The molecule has 2 amide bonds. The van der Waals surface area contributed by atoms with Crippen LogP contribution in [0, 0.1) is 5.92 Å². The molecule has 2 rings (SSSR count). The maximum atomic E-state index is 12.3. The molecule has 1 fully saturated rings. The van der Waals surface area contributed by atoms with Gasteiger partial charge < -0.3 is 10.2 Å². The third kappa shape index (κ3) is 5.34. The molecule has 5 heteroatoms. The zero-order valence-corrected chi connectivity index (χ0v) is 14.8. The van der Waals surface area contributed by atoms with Crippen molar-refractivity contribution < 1.29 is 9.59 Å². The van der Waals surface area contributed by atoms with Crippen molar-refractivity contribution >= 4 is 11.8 Å². The number of benzene rings is 1. The standard InChI is InChI=1S/C19H29N3O2/c1-3-17(4-2)19(24)20-14-18(23)22-12-10-21(11-13-22)15-16-8-6-5-7-9-16/h5-9,17H,3-4,10-15H2,1-2H3,(H,20,24). The number of carbonyl (C=O) groups excluding carboxylic acids is 2. The van der Waals surface area contributed by atoms with Crippen molar-refractivity contribution in [3.8, 4) is 0 Å². The minimum atomic E-state index is -0.00364. The number of piperazine rings is 1. The van der Waals surface area contributed by atoms with Crippen LogP contribution in [0.25, 0.3) is 0 Å². The number of hydrogen-bond donors (Lipinski definition) is 1. The molecule has 0 radical (unpaired) electrons. The Bertz CT molecular complexity index is 521. The Morgan fingerprint density at radius 1 is 1.04 bits per heavy atom. The van der Waals surface area contributed by atoms with Crippen LogP contribution in [0.5, 0.6) is 0 Å². The fraction of sp³-hybridized carbons (Fsp3) is 0.579. The van der Waals surface area contributed by atoms with Gasteiger partial charge in [0.05, 0.1) is 6.54 Å². The second-order valence-corrected chi connectivity index (χ2v) is 6.37. The first-order valence-corrected chi connectivity index (χ1v) is 8.95. The summed E-state index contributed by atoms with van der Waals surface area (Å²) in [5.41, 5.74) is 1.30. The summed E-state index contributed by atoms with van der Waals surface area (Å²) in [5, 5.41) is 2.79. The summed E-state index contributed by atoms with van der Waals surface area (Å²) < 4.78 is 0. The van der Waals surface area contributed by atoms with Gasteiger partial charge in [0.1, 0.15) is 0 Å². The van der Waals surface area contributed by atoms with E-state index in [0.717, 1.165) is 45.6 Å². The van der Waals surface area contributed by atoms with E-state index in [1.54, 1.807) is 0 Å². The first-order chi connectivity index (χ1) is 11.6. The van der Waals surface area contributed by atoms with E-state index in [-0.39, 0.29) is 24.3 Å². The molecular formula is C19H29N3O2. The number of nitrogens with one attached hydrogen (secondary N) is 1. The summed E-state index contributed by atoms with van der Waals surface area (Å²) in [7, 11) is 0. The van der Waals surface area contributed by atoms with E-state index in [9.17, 15) is 9.59 Å². The predicted octanol–water partition coefficient (Wildman–Crippen LogP) is 1.88. The smallest absolute Gasteiger partial charge is 0.242 e. The van der Waals surface area contributed by atoms with Crippen LogP contribution in [-0.2, 0) is 16.1 Å². The average molecular weight is 331 g/mol. The Balaban J connectivity index is 1.71. The lowest BCUT2D eigenvalue weighted by atomic mass is 10.0. The Hall–Kier alpha value is -1.88. The zero-order valence-electron chi connectivity index (χ0n) is 14.8. The van der Waals surface area contributed by atoms with Crippen molar-refractivity contribution in [2.24, 2.45) is 5.92 Å². The van der Waals surface area contributed by atoms with Crippen LogP contribution in [0.4, 0.5) is 0 Å². The molecule has 132 valence electrons. The second kappa shape index (κ2) is 9.42. The second-order valence-electron chi connectivity index (χ2n) is 6.37. The zero-order chi connectivity index (χ0) is 17.4. The first-order valence-electron chi connectivity index (χ1n) is 8.95. The van der Waals surface area contributed by atoms with Crippen LogP contribution in [0.3, 0.4) is 0 Å². The summed E-state index contributed by atoms with van der Waals surface area (Å²) >= 11 is 0. The van der Waals surface area contributed by atoms with Crippen LogP contribution >= 0.6 is 0 Å². The van der Waals surface area contributed by atoms with Crippen molar-refractivity contribution in [1.82, 2.24) is 15.1 Å². The molecule has 1 aromatic carbocycles. The van der Waals surface area contributed by atoms with Gasteiger partial charge >= 0.3 is 0 Å². The van der Waals surface area contributed by atoms with Gasteiger partial charge in [0.25, 0.3) is 0 Å². The molecule has 24 heavy (non-hydrogen) atoms. The van der Waals surface area contributed by atoms with E-state index in [0.29, 0.717) is 0 Å². The van der Waals surface area contributed by atoms with Gasteiger partial charge in [0.2, 0.25) is 11.8 Å². The van der Waals surface area contributed by atoms with E-state index in [1.165, 1.54) is 5.56 Å². The van der Waals surface area contributed by atoms with Gasteiger partial charge in [-0.1, -0.05) is 44.2 Å². The molecule has 1 aromatic rings. The highest BCUT2D eigenvalue weighted by Gasteiger charge is 2.22. The van der Waals surface area contributed by atoms with Crippen LogP contribution in [-0.4, -0.2) is 54.3 Å². The van der Waals surface area contributed by atoms with Gasteiger partial charge in [0, 0.05) is 38.6 Å². The highest BCUT2D eigenvalue weighted by atomic mass is 16.2. The molecule has 1 saturated heterocycles. The molecule has 0 saturated carbocycles. The fourth-order valence-electron chi connectivity index (χ4n) is 3.08. The number of rotatable bonds is 7. The predicted molar refractivity (Wildman–Crippen MR) is 95.4 cm³/mol. The van der Waals surface area contributed by atoms with Gasteiger partial charge in [-0.2, -0.15) is 0 Å². The molecule has 1 aliphatic heterocycles. The van der Waals surface area contributed by atoms with Gasteiger partial charge in [-0.05, 0) is 18.4 Å². The van der Waals surface area contributed by atoms with Crippen molar-refractivity contribution in [2.45, 2.75) is 33.2 Å². The van der Waals surface area contributed by atoms with E-state index in [4.69, 9.17) is 0 Å². The number of hydrogen-bond acceptors (Lipinski definition) is 3. The van der Waals surface area contributed by atoms with Gasteiger partial charge in [-0.15, -0.1) is 0 Å². The molecule has 0 aliphatic carbocycles. The Morgan fingerprint density at radius 3 is 2.25 bits per heavy atom. The fourth-order valence-corrected chi connectivity index (χ4v) is 3.08. The van der Waals surface area contributed by atoms with Crippen LogP contribution in [0.15, 0.2) is 30.3 Å². The molecule has 0 unspecified atom stereocenters. The minimum absolute atomic E-state index is 0.00364. The lowest BCUT2D eigenvalue weighted by Crippen LogP contribution is -2.51. The Morgan fingerprint density at radius 2 is 1.67 bits per heavy atom. The summed E-state index contributed by atoms with van der Waals surface area (Å²) in [5.74, 6) is 0.0326. The molecule has 1 aliphatic rings. The maximum absolute atomic E-state index is 12.3. The molecule has 0 spiro atoms. The topological polar surface area (TPSA) is 52.7 Å². The van der Waals surface area contributed by atoms with E-state index in [2.05, 4.69) is 34.5 Å². The van der Waals surface area contributed by atoms with E-state index < -0.39 is 0 Å². The highest BCUT2D eigenvalue weighted by Crippen LogP contribution is 2.09. The maximum Gasteiger partial charge on any atom is 0.242 e. The van der Waals surface area contributed by atoms with Gasteiger partial charge in [0.15, 0.2) is 0 Å². The Kier molecular flexibility index (Phi) is 7.25. The monoisotopic (exact) mass is 331 g/mol. The molecular weight excluding hydrogens is 302 g/mol. The summed E-state index contributed by atoms with van der Waals surface area (Å²) in [6, 6.07) is 10.4. The number of amides is 2.